The number of nitrogens with zero attached hydrogens (tertiary/aromatic N) is 2. The van der Waals surface area contributed by atoms with Gasteiger partial charge in [-0.2, -0.15) is 0 Å². The summed E-state index contributed by atoms with van der Waals surface area (Å²) >= 11 is 10.4. The molecule has 186 valence electrons. The van der Waals surface area contributed by atoms with Crippen LogP contribution in [0.25, 0.3) is 17.0 Å². The fraction of sp³-hybridized carbons (Fsp3) is 0.296. The SMILES string of the molecule is O=C(Cn1cc(/C=C2\SC(=S)N(CCc3ccccc3)C2=O)c2cc(Br)ccc21)NC[C@@H]1CCCO1. The van der Waals surface area contributed by atoms with E-state index in [4.69, 9.17) is 17.0 Å². The zero-order valence-corrected chi connectivity index (χ0v) is 22.8. The van der Waals surface area contributed by atoms with Crippen LogP contribution in [0.3, 0.4) is 0 Å². The molecule has 9 heteroatoms. The number of fused-ring (bicyclic) bond motifs is 1. The molecule has 0 unspecified atom stereocenters. The Morgan fingerprint density at radius 3 is 2.86 bits per heavy atom. The Bertz CT molecular complexity index is 1330. The third kappa shape index (κ3) is 5.75. The van der Waals surface area contributed by atoms with Gasteiger partial charge < -0.3 is 14.6 Å². The molecule has 2 aliphatic heterocycles. The van der Waals surface area contributed by atoms with Gasteiger partial charge in [-0.1, -0.05) is 70.2 Å². The van der Waals surface area contributed by atoms with Crippen molar-refractivity contribution < 1.29 is 14.3 Å². The molecule has 2 saturated heterocycles. The smallest absolute Gasteiger partial charge is 0.266 e. The number of halogens is 1. The fourth-order valence-corrected chi connectivity index (χ4v) is 6.17. The molecule has 1 N–H and O–H groups in total. The highest BCUT2D eigenvalue weighted by Crippen LogP contribution is 2.35. The fourth-order valence-electron chi connectivity index (χ4n) is 4.51. The maximum atomic E-state index is 13.2. The van der Waals surface area contributed by atoms with Gasteiger partial charge in [-0.05, 0) is 49.1 Å². The lowest BCUT2D eigenvalue weighted by Crippen LogP contribution is -2.34. The second kappa shape index (κ2) is 11.3. The topological polar surface area (TPSA) is 63.6 Å². The van der Waals surface area contributed by atoms with Crippen LogP contribution in [0.1, 0.15) is 24.0 Å². The molecule has 5 rings (SSSR count). The minimum Gasteiger partial charge on any atom is -0.376 e. The van der Waals surface area contributed by atoms with Crippen LogP contribution in [0.4, 0.5) is 0 Å². The highest BCUT2D eigenvalue weighted by molar-refractivity contribution is 9.10. The largest absolute Gasteiger partial charge is 0.376 e. The molecule has 1 atom stereocenters. The first kappa shape index (κ1) is 25.2. The quantitative estimate of drug-likeness (QED) is 0.294. The Balaban J connectivity index is 1.34. The first-order valence-electron chi connectivity index (χ1n) is 11.9. The summed E-state index contributed by atoms with van der Waals surface area (Å²) in [5, 5.41) is 3.95. The predicted octanol–water partition coefficient (Wildman–Crippen LogP) is 5.14. The van der Waals surface area contributed by atoms with Crippen molar-refractivity contribution in [2.45, 2.75) is 31.9 Å². The van der Waals surface area contributed by atoms with Gasteiger partial charge in [0, 0.05) is 46.8 Å². The van der Waals surface area contributed by atoms with Crippen molar-refractivity contribution in [2.75, 3.05) is 19.7 Å². The summed E-state index contributed by atoms with van der Waals surface area (Å²) in [5.41, 5.74) is 2.97. The van der Waals surface area contributed by atoms with Crippen LogP contribution in [-0.2, 0) is 27.3 Å². The van der Waals surface area contributed by atoms with Crippen molar-refractivity contribution in [3.05, 3.63) is 75.2 Å². The van der Waals surface area contributed by atoms with Gasteiger partial charge in [0.1, 0.15) is 10.9 Å². The number of thioether (sulfide) groups is 1. The van der Waals surface area contributed by atoms with E-state index in [1.54, 1.807) is 4.90 Å². The van der Waals surface area contributed by atoms with E-state index in [-0.39, 0.29) is 24.5 Å². The van der Waals surface area contributed by atoms with E-state index >= 15 is 0 Å². The van der Waals surface area contributed by atoms with Gasteiger partial charge in [-0.3, -0.25) is 14.5 Å². The summed E-state index contributed by atoms with van der Waals surface area (Å²) in [4.78, 5) is 28.1. The average molecular weight is 585 g/mol. The molecule has 1 aromatic heterocycles. The first-order chi connectivity index (χ1) is 17.5. The Labute approximate surface area is 228 Å². The summed E-state index contributed by atoms with van der Waals surface area (Å²) < 4.78 is 9.03. The normalized spacial score (nSPS) is 19.1. The van der Waals surface area contributed by atoms with Gasteiger partial charge in [0.25, 0.3) is 5.91 Å². The van der Waals surface area contributed by atoms with Crippen LogP contribution >= 0.6 is 39.9 Å². The van der Waals surface area contributed by atoms with Crippen LogP contribution in [0.5, 0.6) is 0 Å². The van der Waals surface area contributed by atoms with Crippen LogP contribution in [-0.4, -0.2) is 51.4 Å². The van der Waals surface area contributed by atoms with Crippen molar-refractivity contribution >= 4 is 73.0 Å². The summed E-state index contributed by atoms with van der Waals surface area (Å²) in [5.74, 6) is -0.143. The first-order valence-corrected chi connectivity index (χ1v) is 14.0. The number of carbonyl (C=O) groups is 2. The predicted molar refractivity (Wildman–Crippen MR) is 152 cm³/mol. The van der Waals surface area contributed by atoms with E-state index in [0.29, 0.717) is 22.3 Å². The standard InChI is InChI=1S/C27H26BrN3O3S2/c28-20-8-9-23-22(14-20)19(16-30(23)17-25(32)29-15-21-7-4-12-34-21)13-24-26(33)31(27(35)36-24)11-10-18-5-2-1-3-6-18/h1-3,5-6,8-9,13-14,16,21H,4,7,10-12,15,17H2,(H,29,32)/b24-13-/t21-/m0/s1. The number of amides is 2. The van der Waals surface area contributed by atoms with Crippen LogP contribution in [0, 0.1) is 0 Å². The molecule has 3 aromatic rings. The van der Waals surface area contributed by atoms with E-state index in [9.17, 15) is 9.59 Å². The van der Waals surface area contributed by atoms with Gasteiger partial charge in [-0.15, -0.1) is 0 Å². The zero-order valence-electron chi connectivity index (χ0n) is 19.6. The van der Waals surface area contributed by atoms with Gasteiger partial charge in [0.15, 0.2) is 0 Å². The maximum Gasteiger partial charge on any atom is 0.266 e. The Kier molecular flexibility index (Phi) is 7.90. The van der Waals surface area contributed by atoms with Gasteiger partial charge >= 0.3 is 0 Å². The maximum absolute atomic E-state index is 13.2. The number of benzene rings is 2. The molecule has 36 heavy (non-hydrogen) atoms. The molecule has 3 heterocycles. The van der Waals surface area contributed by atoms with E-state index in [1.807, 2.05) is 53.2 Å². The molecule has 6 nitrogen and oxygen atoms in total. The van der Waals surface area contributed by atoms with E-state index in [0.717, 1.165) is 46.8 Å². The number of rotatable bonds is 8. The van der Waals surface area contributed by atoms with E-state index in [2.05, 4.69) is 33.4 Å². The minimum atomic E-state index is -0.0777. The van der Waals surface area contributed by atoms with Crippen molar-refractivity contribution in [2.24, 2.45) is 0 Å². The molecule has 0 aliphatic carbocycles. The Hall–Kier alpha value is -2.46. The number of hydrogen-bond acceptors (Lipinski definition) is 5. The number of ether oxygens (including phenoxy) is 1. The molecular weight excluding hydrogens is 558 g/mol. The molecule has 0 radical (unpaired) electrons. The molecule has 0 bridgehead atoms. The average Bonchev–Trinajstić information content (AvgIpc) is 3.57. The molecule has 2 aliphatic rings. The summed E-state index contributed by atoms with van der Waals surface area (Å²) in [6.07, 6.45) is 6.68. The van der Waals surface area contributed by atoms with Gasteiger partial charge in [0.2, 0.25) is 5.91 Å². The van der Waals surface area contributed by atoms with Crippen LogP contribution in [0.15, 0.2) is 64.1 Å². The lowest BCUT2D eigenvalue weighted by atomic mass is 10.1. The highest BCUT2D eigenvalue weighted by Gasteiger charge is 2.32. The summed E-state index contributed by atoms with van der Waals surface area (Å²) in [7, 11) is 0. The summed E-state index contributed by atoms with van der Waals surface area (Å²) in [6, 6.07) is 16.0. The molecule has 2 amide bonds. The van der Waals surface area contributed by atoms with Gasteiger partial charge in [-0.25, -0.2) is 0 Å². The summed E-state index contributed by atoms with van der Waals surface area (Å²) in [6.45, 7) is 2.03. The van der Waals surface area contributed by atoms with Crippen molar-refractivity contribution in [3.8, 4) is 0 Å². The Morgan fingerprint density at radius 2 is 2.08 bits per heavy atom. The monoisotopic (exact) mass is 583 g/mol. The third-order valence-electron chi connectivity index (χ3n) is 6.37. The number of hydrogen-bond donors (Lipinski definition) is 1. The van der Waals surface area contributed by atoms with E-state index in [1.165, 1.54) is 17.3 Å². The molecular formula is C27H26BrN3O3S2. The van der Waals surface area contributed by atoms with Gasteiger partial charge in [0.05, 0.1) is 11.0 Å². The molecule has 0 saturated carbocycles. The van der Waals surface area contributed by atoms with Crippen molar-refractivity contribution in [1.82, 2.24) is 14.8 Å². The van der Waals surface area contributed by atoms with E-state index < -0.39 is 0 Å². The van der Waals surface area contributed by atoms with Crippen LogP contribution < -0.4 is 5.32 Å². The van der Waals surface area contributed by atoms with Crippen LogP contribution in [0.2, 0.25) is 0 Å². The number of nitrogens with one attached hydrogen (secondary N) is 1. The second-order valence-electron chi connectivity index (χ2n) is 8.88. The molecule has 2 fully saturated rings. The number of carbonyl (C=O) groups excluding carboxylic acids is 2. The highest BCUT2D eigenvalue weighted by atomic mass is 79.9. The molecule has 0 spiro atoms. The Morgan fingerprint density at radius 1 is 1.25 bits per heavy atom. The second-order valence-corrected chi connectivity index (χ2v) is 11.5. The zero-order chi connectivity index (χ0) is 25.1. The lowest BCUT2D eigenvalue weighted by Gasteiger charge is -2.14. The van der Waals surface area contributed by atoms with Crippen molar-refractivity contribution in [1.29, 1.82) is 0 Å². The number of thiocarbonyl (C=S) groups is 1. The molecule has 2 aromatic carbocycles. The lowest BCUT2D eigenvalue weighted by molar-refractivity contribution is -0.122. The minimum absolute atomic E-state index is 0.0656. The third-order valence-corrected chi connectivity index (χ3v) is 8.24. The number of aromatic nitrogens is 1. The van der Waals surface area contributed by atoms with Crippen molar-refractivity contribution in [3.63, 3.8) is 0 Å².